The van der Waals surface area contributed by atoms with Gasteiger partial charge in [-0.25, -0.2) is 0 Å². The molecule has 3 rings (SSSR count). The van der Waals surface area contributed by atoms with Crippen LogP contribution in [0.2, 0.25) is 0 Å². The number of nitrogens with two attached hydrogens (primary N) is 1. The highest BCUT2D eigenvalue weighted by Crippen LogP contribution is 2.73. The molecule has 0 aromatic heterocycles. The second kappa shape index (κ2) is 3.10. The summed E-state index contributed by atoms with van der Waals surface area (Å²) < 4.78 is 0. The fourth-order valence-corrected chi connectivity index (χ4v) is 3.97. The third kappa shape index (κ3) is 1.21. The number of rotatable bonds is 3. The zero-order valence-corrected chi connectivity index (χ0v) is 10.2. The first-order chi connectivity index (χ1) is 7.63. The van der Waals surface area contributed by atoms with Gasteiger partial charge in [0.25, 0.3) is 0 Å². The van der Waals surface area contributed by atoms with Crippen molar-refractivity contribution in [3.63, 3.8) is 0 Å². The molecule has 2 fully saturated rings. The number of benzene rings is 1. The van der Waals surface area contributed by atoms with E-state index < -0.39 is 0 Å². The van der Waals surface area contributed by atoms with Gasteiger partial charge < -0.3 is 5.73 Å². The van der Waals surface area contributed by atoms with E-state index in [2.05, 4.69) is 44.2 Å². The van der Waals surface area contributed by atoms with Crippen molar-refractivity contribution >= 4 is 0 Å². The molecular weight excluding hydrogens is 194 g/mol. The lowest BCUT2D eigenvalue weighted by Crippen LogP contribution is -2.14. The molecule has 0 spiro atoms. The van der Waals surface area contributed by atoms with Crippen molar-refractivity contribution in [3.05, 3.63) is 35.9 Å². The lowest BCUT2D eigenvalue weighted by molar-refractivity contribution is 0.468. The Morgan fingerprint density at radius 1 is 1.19 bits per heavy atom. The monoisotopic (exact) mass is 215 g/mol. The van der Waals surface area contributed by atoms with Crippen molar-refractivity contribution in [2.75, 3.05) is 6.54 Å². The van der Waals surface area contributed by atoms with Gasteiger partial charge in [0.15, 0.2) is 0 Å². The van der Waals surface area contributed by atoms with Gasteiger partial charge in [0, 0.05) is 0 Å². The van der Waals surface area contributed by atoms with Crippen molar-refractivity contribution in [1.82, 2.24) is 0 Å². The molecule has 0 aliphatic heterocycles. The van der Waals surface area contributed by atoms with Crippen LogP contribution in [-0.2, 0) is 5.41 Å². The Morgan fingerprint density at radius 2 is 1.81 bits per heavy atom. The van der Waals surface area contributed by atoms with E-state index in [1.54, 1.807) is 5.56 Å². The maximum atomic E-state index is 5.90. The van der Waals surface area contributed by atoms with Crippen LogP contribution < -0.4 is 5.73 Å². The second-order valence-corrected chi connectivity index (χ2v) is 6.16. The van der Waals surface area contributed by atoms with E-state index in [0.717, 1.165) is 18.4 Å². The number of hydrogen-bond acceptors (Lipinski definition) is 1. The largest absolute Gasteiger partial charge is 0.330 e. The highest BCUT2D eigenvalue weighted by atomic mass is 14.8. The van der Waals surface area contributed by atoms with Crippen LogP contribution in [0.25, 0.3) is 0 Å². The molecule has 86 valence electrons. The molecule has 0 heterocycles. The molecule has 2 atom stereocenters. The minimum atomic E-state index is 0.459. The van der Waals surface area contributed by atoms with Crippen LogP contribution in [0.15, 0.2) is 30.3 Å². The van der Waals surface area contributed by atoms with Gasteiger partial charge in [0.1, 0.15) is 0 Å². The predicted molar refractivity (Wildman–Crippen MR) is 67.2 cm³/mol. The summed E-state index contributed by atoms with van der Waals surface area (Å²) in [5.41, 5.74) is 8.39. The van der Waals surface area contributed by atoms with Crippen molar-refractivity contribution in [1.29, 1.82) is 0 Å². The molecule has 0 unspecified atom stereocenters. The van der Waals surface area contributed by atoms with Crippen LogP contribution in [-0.4, -0.2) is 6.54 Å². The van der Waals surface area contributed by atoms with Crippen LogP contribution in [0.4, 0.5) is 0 Å². The van der Waals surface area contributed by atoms with E-state index in [9.17, 15) is 0 Å². The standard InChI is InChI=1S/C15H21N/c1-14(2)12(10-16)13(14)15(8-9-15)11-6-4-3-5-7-11/h3-7,12-13H,8-10,16H2,1-2H3/t12-,13-/m0/s1. The summed E-state index contributed by atoms with van der Waals surface area (Å²) in [5.74, 6) is 1.54. The maximum absolute atomic E-state index is 5.90. The van der Waals surface area contributed by atoms with Gasteiger partial charge in [-0.05, 0) is 47.6 Å². The van der Waals surface area contributed by atoms with E-state index in [0.29, 0.717) is 10.8 Å². The molecular formula is C15H21N. The highest BCUT2D eigenvalue weighted by molar-refractivity contribution is 5.37. The quantitative estimate of drug-likeness (QED) is 0.824. The summed E-state index contributed by atoms with van der Waals surface area (Å²) >= 11 is 0. The average Bonchev–Trinajstić information content (AvgIpc) is 3.15. The molecule has 1 heteroatoms. The molecule has 16 heavy (non-hydrogen) atoms. The van der Waals surface area contributed by atoms with E-state index in [4.69, 9.17) is 5.73 Å². The fourth-order valence-electron chi connectivity index (χ4n) is 3.97. The molecule has 0 radical (unpaired) electrons. The summed E-state index contributed by atoms with van der Waals surface area (Å²) in [6.45, 7) is 5.63. The Kier molecular flexibility index (Phi) is 2.00. The van der Waals surface area contributed by atoms with Gasteiger partial charge >= 0.3 is 0 Å². The normalized spacial score (nSPS) is 33.4. The summed E-state index contributed by atoms with van der Waals surface area (Å²) in [5, 5.41) is 0. The molecule has 1 nitrogen and oxygen atoms in total. The molecule has 1 aromatic carbocycles. The Labute approximate surface area is 98.0 Å². The molecule has 2 aliphatic carbocycles. The van der Waals surface area contributed by atoms with Crippen molar-refractivity contribution < 1.29 is 0 Å². The lowest BCUT2D eigenvalue weighted by Gasteiger charge is -2.17. The molecule has 2 N–H and O–H groups in total. The third-order valence-corrected chi connectivity index (χ3v) is 5.04. The van der Waals surface area contributed by atoms with E-state index in [-0.39, 0.29) is 0 Å². The van der Waals surface area contributed by atoms with Gasteiger partial charge in [-0.15, -0.1) is 0 Å². The Balaban J connectivity index is 1.92. The van der Waals surface area contributed by atoms with E-state index in [1.165, 1.54) is 12.8 Å². The summed E-state index contributed by atoms with van der Waals surface area (Å²) in [6.07, 6.45) is 2.73. The Bertz CT molecular complexity index is 389. The van der Waals surface area contributed by atoms with Crippen molar-refractivity contribution in [3.8, 4) is 0 Å². The van der Waals surface area contributed by atoms with Gasteiger partial charge in [0.05, 0.1) is 0 Å². The molecule has 1 aromatic rings. The molecule has 2 saturated carbocycles. The molecule has 2 aliphatic rings. The zero-order chi connectivity index (χ0) is 11.4. The molecule has 0 bridgehead atoms. The Hall–Kier alpha value is -0.820. The fraction of sp³-hybridized carbons (Fsp3) is 0.600. The van der Waals surface area contributed by atoms with E-state index in [1.807, 2.05) is 0 Å². The first kappa shape index (κ1) is 10.3. The van der Waals surface area contributed by atoms with Gasteiger partial charge in [-0.1, -0.05) is 44.2 Å². The first-order valence-electron chi connectivity index (χ1n) is 6.38. The van der Waals surface area contributed by atoms with Crippen LogP contribution in [0.1, 0.15) is 32.3 Å². The van der Waals surface area contributed by atoms with Crippen LogP contribution in [0.5, 0.6) is 0 Å². The zero-order valence-electron chi connectivity index (χ0n) is 10.2. The minimum absolute atomic E-state index is 0.459. The van der Waals surface area contributed by atoms with Crippen molar-refractivity contribution in [2.45, 2.75) is 32.1 Å². The SMILES string of the molecule is CC1(C)[C@@H](C2(c3ccccc3)CC2)[C@@H]1CN. The Morgan fingerprint density at radius 3 is 2.25 bits per heavy atom. The average molecular weight is 215 g/mol. The number of hydrogen-bond donors (Lipinski definition) is 1. The summed E-state index contributed by atoms with van der Waals surface area (Å²) in [6, 6.07) is 11.0. The summed E-state index contributed by atoms with van der Waals surface area (Å²) in [7, 11) is 0. The van der Waals surface area contributed by atoms with Gasteiger partial charge in [0.2, 0.25) is 0 Å². The van der Waals surface area contributed by atoms with Crippen LogP contribution in [0.3, 0.4) is 0 Å². The lowest BCUT2D eigenvalue weighted by atomic mass is 9.87. The third-order valence-electron chi connectivity index (χ3n) is 5.04. The topological polar surface area (TPSA) is 26.0 Å². The predicted octanol–water partition coefficient (Wildman–Crippen LogP) is 2.95. The second-order valence-electron chi connectivity index (χ2n) is 6.16. The van der Waals surface area contributed by atoms with Gasteiger partial charge in [-0.3, -0.25) is 0 Å². The van der Waals surface area contributed by atoms with E-state index >= 15 is 0 Å². The molecule has 0 amide bonds. The highest BCUT2D eigenvalue weighted by Gasteiger charge is 2.69. The minimum Gasteiger partial charge on any atom is -0.330 e. The smallest absolute Gasteiger partial charge is 0.000960 e. The van der Waals surface area contributed by atoms with Crippen LogP contribution in [0, 0.1) is 17.3 Å². The molecule has 0 saturated heterocycles. The maximum Gasteiger partial charge on any atom is -0.000960 e. The summed E-state index contributed by atoms with van der Waals surface area (Å²) in [4.78, 5) is 0. The van der Waals surface area contributed by atoms with Gasteiger partial charge in [-0.2, -0.15) is 0 Å². The van der Waals surface area contributed by atoms with Crippen LogP contribution >= 0.6 is 0 Å². The first-order valence-corrected chi connectivity index (χ1v) is 6.38. The van der Waals surface area contributed by atoms with Crippen molar-refractivity contribution in [2.24, 2.45) is 23.0 Å².